The van der Waals surface area contributed by atoms with E-state index in [0.29, 0.717) is 11.4 Å². The third-order valence-electron chi connectivity index (χ3n) is 4.30. The number of thiophene rings is 1. The predicted molar refractivity (Wildman–Crippen MR) is 105 cm³/mol. The Balaban J connectivity index is 1.56. The van der Waals surface area contributed by atoms with E-state index in [1.807, 2.05) is 35.0 Å². The van der Waals surface area contributed by atoms with Crippen LogP contribution >= 0.6 is 11.3 Å². The van der Waals surface area contributed by atoms with Gasteiger partial charge in [-0.25, -0.2) is 4.98 Å². The number of amides is 1. The summed E-state index contributed by atoms with van der Waals surface area (Å²) in [7, 11) is 0. The Morgan fingerprint density at radius 2 is 2.08 bits per heavy atom. The van der Waals surface area contributed by atoms with Crippen molar-refractivity contribution >= 4 is 28.6 Å². The van der Waals surface area contributed by atoms with Crippen molar-refractivity contribution in [2.75, 3.05) is 36.4 Å². The number of nitrogens with one attached hydrogen (secondary N) is 2. The van der Waals surface area contributed by atoms with Crippen LogP contribution in [-0.4, -0.2) is 42.1 Å². The number of nitrogens with zero attached hydrogens (tertiary/aromatic N) is 3. The Morgan fingerprint density at radius 3 is 2.88 bits per heavy atom. The molecule has 1 aliphatic heterocycles. The van der Waals surface area contributed by atoms with Crippen LogP contribution in [0.5, 0.6) is 0 Å². The Labute approximate surface area is 155 Å². The van der Waals surface area contributed by atoms with Crippen LogP contribution in [0.4, 0.5) is 11.4 Å². The molecule has 26 heavy (non-hydrogen) atoms. The van der Waals surface area contributed by atoms with Crippen molar-refractivity contribution < 1.29 is 4.79 Å². The average Bonchev–Trinajstić information content (AvgIpc) is 3.24. The highest BCUT2D eigenvalue weighted by molar-refractivity contribution is 7.08. The molecule has 0 spiro atoms. The van der Waals surface area contributed by atoms with Crippen LogP contribution in [-0.2, 0) is 0 Å². The minimum absolute atomic E-state index is 0.230. The van der Waals surface area contributed by atoms with Gasteiger partial charge in [-0.15, -0.1) is 0 Å². The van der Waals surface area contributed by atoms with Gasteiger partial charge >= 0.3 is 0 Å². The molecule has 0 saturated carbocycles. The lowest BCUT2D eigenvalue weighted by Gasteiger charge is -2.30. The van der Waals surface area contributed by atoms with Gasteiger partial charge in [0.1, 0.15) is 5.69 Å². The molecule has 4 rings (SSSR count). The van der Waals surface area contributed by atoms with Gasteiger partial charge in [0.05, 0.1) is 23.3 Å². The molecule has 1 aliphatic rings. The first kappa shape index (κ1) is 16.7. The second kappa shape index (κ2) is 7.63. The summed E-state index contributed by atoms with van der Waals surface area (Å²) in [4.78, 5) is 23.7. The Bertz CT molecular complexity index is 890. The smallest absolute Gasteiger partial charge is 0.274 e. The average molecular weight is 365 g/mol. The lowest BCUT2D eigenvalue weighted by molar-refractivity contribution is 0.102. The minimum atomic E-state index is -0.230. The first-order valence-electron chi connectivity index (χ1n) is 8.52. The highest BCUT2D eigenvalue weighted by atomic mass is 32.1. The van der Waals surface area contributed by atoms with E-state index in [2.05, 4.69) is 25.5 Å². The normalized spacial score (nSPS) is 14.2. The largest absolute Gasteiger partial charge is 0.367 e. The van der Waals surface area contributed by atoms with Crippen molar-refractivity contribution in [3.05, 3.63) is 59.2 Å². The standard InChI is InChI=1S/C19H19N5OS/c25-19(16-3-1-2-15(22-16)14-5-11-26-13-14)23-17-12-21-6-4-18(17)24-9-7-20-8-10-24/h1-6,11-13,20H,7-10H2,(H,23,25). The van der Waals surface area contributed by atoms with Crippen LogP contribution in [0.25, 0.3) is 11.3 Å². The number of carbonyl (C=O) groups is 1. The molecule has 3 aromatic rings. The lowest BCUT2D eigenvalue weighted by atomic mass is 10.2. The van der Waals surface area contributed by atoms with Crippen molar-refractivity contribution in [2.24, 2.45) is 0 Å². The molecule has 0 radical (unpaired) electrons. The van der Waals surface area contributed by atoms with Gasteiger partial charge in [0.25, 0.3) is 5.91 Å². The van der Waals surface area contributed by atoms with Gasteiger partial charge in [0.2, 0.25) is 0 Å². The SMILES string of the molecule is O=C(Nc1cnccc1N1CCNCC1)c1cccc(-c2ccsc2)n1. The number of rotatable bonds is 4. The molecule has 6 nitrogen and oxygen atoms in total. The number of hydrogen-bond acceptors (Lipinski definition) is 6. The number of hydrogen-bond donors (Lipinski definition) is 2. The summed E-state index contributed by atoms with van der Waals surface area (Å²) in [6.45, 7) is 3.66. The second-order valence-electron chi connectivity index (χ2n) is 6.00. The molecule has 0 atom stereocenters. The zero-order valence-corrected chi connectivity index (χ0v) is 15.0. The third kappa shape index (κ3) is 3.58. The number of aromatic nitrogens is 2. The molecule has 7 heteroatoms. The highest BCUT2D eigenvalue weighted by Gasteiger charge is 2.17. The van der Waals surface area contributed by atoms with Crippen LogP contribution in [0.15, 0.2) is 53.5 Å². The van der Waals surface area contributed by atoms with E-state index < -0.39 is 0 Å². The number of pyridine rings is 2. The molecule has 1 fully saturated rings. The topological polar surface area (TPSA) is 70.2 Å². The molecule has 0 bridgehead atoms. The van der Waals surface area contributed by atoms with Gasteiger partial charge in [-0.3, -0.25) is 9.78 Å². The van der Waals surface area contributed by atoms with Crippen molar-refractivity contribution in [3.63, 3.8) is 0 Å². The van der Waals surface area contributed by atoms with E-state index in [4.69, 9.17) is 0 Å². The van der Waals surface area contributed by atoms with E-state index in [-0.39, 0.29) is 5.91 Å². The van der Waals surface area contributed by atoms with Gasteiger partial charge in [-0.1, -0.05) is 6.07 Å². The van der Waals surface area contributed by atoms with Crippen LogP contribution in [0.1, 0.15) is 10.5 Å². The van der Waals surface area contributed by atoms with Crippen molar-refractivity contribution in [3.8, 4) is 11.3 Å². The monoisotopic (exact) mass is 365 g/mol. The summed E-state index contributed by atoms with van der Waals surface area (Å²) in [5, 5.41) is 10.3. The summed E-state index contributed by atoms with van der Waals surface area (Å²) < 4.78 is 0. The fraction of sp³-hybridized carbons (Fsp3) is 0.211. The zero-order chi connectivity index (χ0) is 17.8. The molecule has 0 aromatic carbocycles. The van der Waals surface area contributed by atoms with Gasteiger partial charge in [0.15, 0.2) is 0 Å². The van der Waals surface area contributed by atoms with Gasteiger partial charge < -0.3 is 15.5 Å². The van der Waals surface area contributed by atoms with E-state index >= 15 is 0 Å². The lowest BCUT2D eigenvalue weighted by Crippen LogP contribution is -2.43. The molecule has 4 heterocycles. The molecule has 0 unspecified atom stereocenters. The summed E-state index contributed by atoms with van der Waals surface area (Å²) in [5.74, 6) is -0.230. The summed E-state index contributed by atoms with van der Waals surface area (Å²) in [5.41, 5.74) is 3.91. The number of anilines is 2. The van der Waals surface area contributed by atoms with Crippen LogP contribution in [0.2, 0.25) is 0 Å². The molecular weight excluding hydrogens is 346 g/mol. The van der Waals surface area contributed by atoms with Gasteiger partial charge in [0, 0.05) is 43.3 Å². The summed E-state index contributed by atoms with van der Waals surface area (Å²) >= 11 is 1.61. The fourth-order valence-electron chi connectivity index (χ4n) is 2.98. The zero-order valence-electron chi connectivity index (χ0n) is 14.2. The Kier molecular flexibility index (Phi) is 4.90. The van der Waals surface area contributed by atoms with Gasteiger partial charge in [-0.05, 0) is 29.6 Å². The first-order valence-corrected chi connectivity index (χ1v) is 9.46. The maximum absolute atomic E-state index is 12.7. The summed E-state index contributed by atoms with van der Waals surface area (Å²) in [6, 6.07) is 9.44. The van der Waals surface area contributed by atoms with Crippen molar-refractivity contribution in [1.82, 2.24) is 15.3 Å². The second-order valence-corrected chi connectivity index (χ2v) is 6.78. The molecule has 2 N–H and O–H groups in total. The predicted octanol–water partition coefficient (Wildman–Crippen LogP) is 2.87. The third-order valence-corrected chi connectivity index (χ3v) is 4.99. The molecule has 1 saturated heterocycles. The van der Waals surface area contributed by atoms with Crippen molar-refractivity contribution in [1.29, 1.82) is 0 Å². The Morgan fingerprint density at radius 1 is 1.19 bits per heavy atom. The van der Waals surface area contributed by atoms with Crippen molar-refractivity contribution in [2.45, 2.75) is 0 Å². The van der Waals surface area contributed by atoms with E-state index in [1.165, 1.54) is 0 Å². The number of carbonyl (C=O) groups excluding carboxylic acids is 1. The quantitative estimate of drug-likeness (QED) is 0.744. The highest BCUT2D eigenvalue weighted by Crippen LogP contribution is 2.26. The van der Waals surface area contributed by atoms with E-state index in [0.717, 1.165) is 43.1 Å². The maximum Gasteiger partial charge on any atom is 0.274 e. The minimum Gasteiger partial charge on any atom is -0.367 e. The first-order chi connectivity index (χ1) is 12.8. The molecule has 1 amide bonds. The van der Waals surface area contributed by atoms with E-state index in [9.17, 15) is 4.79 Å². The van der Waals surface area contributed by atoms with Crippen LogP contribution in [0.3, 0.4) is 0 Å². The summed E-state index contributed by atoms with van der Waals surface area (Å²) in [6.07, 6.45) is 3.44. The molecule has 3 aromatic heterocycles. The number of piperazine rings is 1. The van der Waals surface area contributed by atoms with E-state index in [1.54, 1.807) is 29.8 Å². The fourth-order valence-corrected chi connectivity index (χ4v) is 3.63. The maximum atomic E-state index is 12.7. The van der Waals surface area contributed by atoms with Crippen LogP contribution < -0.4 is 15.5 Å². The van der Waals surface area contributed by atoms with Crippen LogP contribution in [0, 0.1) is 0 Å². The molecular formula is C19H19N5OS. The molecule has 132 valence electrons. The Hall–Kier alpha value is -2.77. The molecule has 0 aliphatic carbocycles. The van der Waals surface area contributed by atoms with Gasteiger partial charge in [-0.2, -0.15) is 11.3 Å².